The van der Waals surface area contributed by atoms with E-state index in [-0.39, 0.29) is 11.0 Å². The van der Waals surface area contributed by atoms with Crippen molar-refractivity contribution in [3.05, 3.63) is 0 Å². The Morgan fingerprint density at radius 1 is 1.31 bits per heavy atom. The van der Waals surface area contributed by atoms with Crippen molar-refractivity contribution in [2.75, 3.05) is 19.6 Å². The van der Waals surface area contributed by atoms with Crippen molar-refractivity contribution in [2.45, 2.75) is 30.3 Å². The van der Waals surface area contributed by atoms with Crippen molar-refractivity contribution in [2.24, 2.45) is 16.1 Å². The molecule has 4 heteroatoms. The third-order valence-corrected chi connectivity index (χ3v) is 3.99. The third kappa shape index (κ3) is 1.13. The van der Waals surface area contributed by atoms with E-state index in [4.69, 9.17) is 11.6 Å². The van der Waals surface area contributed by atoms with Gasteiger partial charge in [-0.05, 0) is 31.8 Å². The van der Waals surface area contributed by atoms with E-state index in [9.17, 15) is 0 Å². The highest BCUT2D eigenvalue weighted by atomic mass is 35.5. The summed E-state index contributed by atoms with van der Waals surface area (Å²) in [7, 11) is 0. The molecule has 4 heterocycles. The Labute approximate surface area is 83.2 Å². The molecule has 13 heavy (non-hydrogen) atoms. The van der Waals surface area contributed by atoms with Gasteiger partial charge < -0.3 is 4.90 Å². The van der Waals surface area contributed by atoms with E-state index in [1.54, 1.807) is 0 Å². The number of halogens is 1. The Hall–Kier alpha value is -0.150. The highest BCUT2D eigenvalue weighted by Gasteiger charge is 2.50. The second-order valence-corrected chi connectivity index (χ2v) is 5.01. The van der Waals surface area contributed by atoms with Gasteiger partial charge in [0.2, 0.25) is 0 Å². The molecule has 0 N–H and O–H groups in total. The minimum atomic E-state index is -0.0550. The second-order valence-electron chi connectivity index (χ2n) is 4.51. The van der Waals surface area contributed by atoms with Gasteiger partial charge >= 0.3 is 0 Å². The van der Waals surface area contributed by atoms with Crippen LogP contribution >= 0.6 is 11.6 Å². The molecule has 0 aromatic carbocycles. The van der Waals surface area contributed by atoms with Crippen LogP contribution in [0.3, 0.4) is 0 Å². The number of nitrogens with zero attached hydrogens (tertiary/aromatic N) is 3. The van der Waals surface area contributed by atoms with Crippen LogP contribution in [0.15, 0.2) is 10.2 Å². The monoisotopic (exact) mass is 199 g/mol. The average molecular weight is 200 g/mol. The number of hydrogen-bond acceptors (Lipinski definition) is 3. The SMILES string of the molecule is ClC1CC2(CN3CCC2CC3)N=N1. The summed E-state index contributed by atoms with van der Waals surface area (Å²) in [6.07, 6.45) is 3.56. The molecule has 2 bridgehead atoms. The van der Waals surface area contributed by atoms with E-state index in [2.05, 4.69) is 15.1 Å². The van der Waals surface area contributed by atoms with Gasteiger partial charge in [0.25, 0.3) is 0 Å². The summed E-state index contributed by atoms with van der Waals surface area (Å²) in [6.45, 7) is 3.62. The summed E-state index contributed by atoms with van der Waals surface area (Å²) >= 11 is 5.99. The lowest BCUT2D eigenvalue weighted by molar-refractivity contribution is 0.0309. The molecule has 3 nitrogen and oxygen atoms in total. The Morgan fingerprint density at radius 3 is 2.54 bits per heavy atom. The molecule has 0 radical (unpaired) electrons. The molecule has 2 unspecified atom stereocenters. The molecule has 0 amide bonds. The Bertz CT molecular complexity index is 247. The van der Waals surface area contributed by atoms with Gasteiger partial charge in [0, 0.05) is 13.0 Å². The maximum absolute atomic E-state index is 5.99. The molecule has 0 aromatic heterocycles. The fourth-order valence-electron chi connectivity index (χ4n) is 3.04. The van der Waals surface area contributed by atoms with E-state index in [0.29, 0.717) is 0 Å². The van der Waals surface area contributed by atoms with Crippen LogP contribution in [0.2, 0.25) is 0 Å². The first-order chi connectivity index (χ1) is 6.28. The Balaban J connectivity index is 1.88. The number of alkyl halides is 1. The lowest BCUT2D eigenvalue weighted by Gasteiger charge is -2.49. The zero-order valence-corrected chi connectivity index (χ0v) is 8.37. The summed E-state index contributed by atoms with van der Waals surface area (Å²) in [6, 6.07) is 0. The summed E-state index contributed by atoms with van der Waals surface area (Å²) < 4.78 is 0. The predicted octanol–water partition coefficient (Wildman–Crippen LogP) is 1.87. The fraction of sp³-hybridized carbons (Fsp3) is 1.00. The highest BCUT2D eigenvalue weighted by molar-refractivity contribution is 6.20. The van der Waals surface area contributed by atoms with Crippen molar-refractivity contribution in [3.8, 4) is 0 Å². The standard InChI is InChI=1S/C9H14ClN3/c10-8-5-9(12-11-8)6-13-3-1-7(9)2-4-13/h7-8H,1-6H2. The first kappa shape index (κ1) is 8.18. The molecule has 0 saturated carbocycles. The van der Waals surface area contributed by atoms with Crippen molar-refractivity contribution in [1.29, 1.82) is 0 Å². The largest absolute Gasteiger partial charge is 0.301 e. The van der Waals surface area contributed by atoms with E-state index >= 15 is 0 Å². The summed E-state index contributed by atoms with van der Waals surface area (Å²) in [5.41, 5.74) is 0.0590. The van der Waals surface area contributed by atoms with Crippen molar-refractivity contribution in [1.82, 2.24) is 4.90 Å². The maximum atomic E-state index is 5.99. The molecule has 0 aromatic rings. The molecule has 3 saturated heterocycles. The van der Waals surface area contributed by atoms with Gasteiger partial charge in [0.05, 0.1) is 0 Å². The van der Waals surface area contributed by atoms with Crippen LogP contribution in [0.4, 0.5) is 0 Å². The van der Waals surface area contributed by atoms with E-state index in [0.717, 1.165) is 18.9 Å². The van der Waals surface area contributed by atoms with Crippen molar-refractivity contribution < 1.29 is 0 Å². The molecule has 72 valence electrons. The number of fused-ring (bicyclic) bond motifs is 2. The van der Waals surface area contributed by atoms with E-state index in [1.165, 1.54) is 25.9 Å². The van der Waals surface area contributed by atoms with Gasteiger partial charge in [-0.1, -0.05) is 11.6 Å². The lowest BCUT2D eigenvalue weighted by Crippen LogP contribution is -2.57. The van der Waals surface area contributed by atoms with Gasteiger partial charge in [0.1, 0.15) is 11.0 Å². The topological polar surface area (TPSA) is 28.0 Å². The van der Waals surface area contributed by atoms with Gasteiger partial charge in [-0.3, -0.25) is 0 Å². The van der Waals surface area contributed by atoms with Crippen LogP contribution in [0, 0.1) is 5.92 Å². The maximum Gasteiger partial charge on any atom is 0.146 e. The van der Waals surface area contributed by atoms with E-state index < -0.39 is 0 Å². The normalized spacial score (nSPS) is 53.5. The number of hydrogen-bond donors (Lipinski definition) is 0. The summed E-state index contributed by atoms with van der Waals surface area (Å²) in [5, 5.41) is 8.54. The lowest BCUT2D eigenvalue weighted by atomic mass is 9.72. The number of azo groups is 1. The Kier molecular flexibility index (Phi) is 1.68. The first-order valence-electron chi connectivity index (χ1n) is 5.07. The fourth-order valence-corrected chi connectivity index (χ4v) is 3.35. The quantitative estimate of drug-likeness (QED) is 0.433. The average Bonchev–Trinajstić information content (AvgIpc) is 2.49. The van der Waals surface area contributed by atoms with Gasteiger partial charge in [-0.25, -0.2) is 0 Å². The van der Waals surface area contributed by atoms with Gasteiger partial charge in [0.15, 0.2) is 0 Å². The molecule has 3 fully saturated rings. The first-order valence-corrected chi connectivity index (χ1v) is 5.51. The van der Waals surface area contributed by atoms with E-state index in [1.807, 2.05) is 0 Å². The summed E-state index contributed by atoms with van der Waals surface area (Å²) in [5.74, 6) is 0.755. The molecule has 4 aliphatic rings. The van der Waals surface area contributed by atoms with Crippen molar-refractivity contribution >= 4 is 11.6 Å². The zero-order chi connectivity index (χ0) is 8.89. The zero-order valence-electron chi connectivity index (χ0n) is 7.62. The van der Waals surface area contributed by atoms with Crippen LogP contribution in [0.25, 0.3) is 0 Å². The van der Waals surface area contributed by atoms with Crippen LogP contribution in [0.5, 0.6) is 0 Å². The molecular weight excluding hydrogens is 186 g/mol. The van der Waals surface area contributed by atoms with Crippen LogP contribution in [-0.2, 0) is 0 Å². The van der Waals surface area contributed by atoms with Crippen molar-refractivity contribution in [3.63, 3.8) is 0 Å². The molecule has 1 spiro atoms. The highest BCUT2D eigenvalue weighted by Crippen LogP contribution is 2.45. The van der Waals surface area contributed by atoms with Crippen LogP contribution in [0.1, 0.15) is 19.3 Å². The molecule has 2 atom stereocenters. The molecule has 4 aliphatic heterocycles. The number of piperidine rings is 3. The Morgan fingerprint density at radius 2 is 2.08 bits per heavy atom. The third-order valence-electron chi connectivity index (χ3n) is 3.75. The molecule has 4 rings (SSSR count). The smallest absolute Gasteiger partial charge is 0.146 e. The minimum absolute atomic E-state index is 0.0550. The molecule has 0 aliphatic carbocycles. The second kappa shape index (κ2) is 2.67. The van der Waals surface area contributed by atoms with Crippen LogP contribution < -0.4 is 0 Å². The summed E-state index contributed by atoms with van der Waals surface area (Å²) in [4.78, 5) is 2.51. The van der Waals surface area contributed by atoms with Gasteiger partial charge in [-0.15, -0.1) is 0 Å². The minimum Gasteiger partial charge on any atom is -0.301 e. The predicted molar refractivity (Wildman–Crippen MR) is 51.0 cm³/mol. The molecular formula is C9H14ClN3. The van der Waals surface area contributed by atoms with Gasteiger partial charge in [-0.2, -0.15) is 10.2 Å². The number of rotatable bonds is 0. The van der Waals surface area contributed by atoms with Crippen LogP contribution in [-0.4, -0.2) is 35.6 Å².